The van der Waals surface area contributed by atoms with E-state index in [2.05, 4.69) is 26.8 Å². The molecule has 1 atom stereocenters. The summed E-state index contributed by atoms with van der Waals surface area (Å²) in [7, 11) is 0. The van der Waals surface area contributed by atoms with Crippen LogP contribution in [0.5, 0.6) is 0 Å². The van der Waals surface area contributed by atoms with Gasteiger partial charge in [0.25, 0.3) is 0 Å². The van der Waals surface area contributed by atoms with E-state index in [-0.39, 0.29) is 0 Å². The van der Waals surface area contributed by atoms with E-state index in [9.17, 15) is 0 Å². The fourth-order valence-corrected chi connectivity index (χ4v) is 1.79. The third-order valence-corrected chi connectivity index (χ3v) is 2.77. The van der Waals surface area contributed by atoms with Crippen LogP contribution in [0, 0.1) is 5.92 Å². The number of rotatable bonds is 3. The van der Waals surface area contributed by atoms with Crippen LogP contribution in [0.2, 0.25) is 0 Å². The van der Waals surface area contributed by atoms with Gasteiger partial charge < -0.3 is 4.74 Å². The highest BCUT2D eigenvalue weighted by molar-refractivity contribution is 5.06. The maximum atomic E-state index is 5.72. The quantitative estimate of drug-likeness (QED) is 0.588. The van der Waals surface area contributed by atoms with Crippen molar-refractivity contribution in [2.45, 2.75) is 46.1 Å². The molecule has 0 spiro atoms. The molecule has 0 aliphatic carbocycles. The van der Waals surface area contributed by atoms with Gasteiger partial charge in [0, 0.05) is 0 Å². The Morgan fingerprint density at radius 1 is 1.50 bits per heavy atom. The first kappa shape index (κ1) is 9.79. The van der Waals surface area contributed by atoms with Gasteiger partial charge in [-0.2, -0.15) is 0 Å². The average molecular weight is 168 g/mol. The van der Waals surface area contributed by atoms with Crippen LogP contribution in [0.3, 0.4) is 0 Å². The van der Waals surface area contributed by atoms with Crippen LogP contribution in [0.4, 0.5) is 0 Å². The Bertz CT molecular complexity index is 156. The van der Waals surface area contributed by atoms with Crippen LogP contribution < -0.4 is 0 Å². The lowest BCUT2D eigenvalue weighted by Crippen LogP contribution is -2.25. The minimum atomic E-state index is 0.397. The highest BCUT2D eigenvalue weighted by atomic mass is 16.5. The second-order valence-electron chi connectivity index (χ2n) is 3.68. The number of hydrogen-bond acceptors (Lipinski definition) is 1. The molecule has 0 bridgehead atoms. The van der Waals surface area contributed by atoms with Gasteiger partial charge in [0.1, 0.15) is 0 Å². The minimum absolute atomic E-state index is 0.397. The lowest BCUT2D eigenvalue weighted by atomic mass is 9.93. The summed E-state index contributed by atoms with van der Waals surface area (Å²) in [5.74, 6) is 0.722. The molecule has 12 heavy (non-hydrogen) atoms. The standard InChI is InChI=1S/C11H20O/c1-4-10(5-2)11-8-9(3)6-7-12-11/h8,10-11H,4-7H2,1-3H3. The van der Waals surface area contributed by atoms with Crippen molar-refractivity contribution in [2.24, 2.45) is 5.92 Å². The van der Waals surface area contributed by atoms with E-state index in [1.54, 1.807) is 0 Å². The summed E-state index contributed by atoms with van der Waals surface area (Å²) in [6.07, 6.45) is 6.28. The van der Waals surface area contributed by atoms with Gasteiger partial charge in [0.15, 0.2) is 0 Å². The van der Waals surface area contributed by atoms with Crippen molar-refractivity contribution in [1.29, 1.82) is 0 Å². The van der Waals surface area contributed by atoms with Crippen LogP contribution in [0.15, 0.2) is 11.6 Å². The summed E-state index contributed by atoms with van der Waals surface area (Å²) in [5.41, 5.74) is 1.50. The molecule has 1 unspecified atom stereocenters. The van der Waals surface area contributed by atoms with E-state index in [1.807, 2.05) is 0 Å². The lowest BCUT2D eigenvalue weighted by Gasteiger charge is -2.26. The summed E-state index contributed by atoms with van der Waals surface area (Å²) in [6, 6.07) is 0. The van der Waals surface area contributed by atoms with Crippen LogP contribution in [0.1, 0.15) is 40.0 Å². The smallest absolute Gasteiger partial charge is 0.0786 e. The molecule has 1 heterocycles. The summed E-state index contributed by atoms with van der Waals surface area (Å²) in [6.45, 7) is 7.62. The van der Waals surface area contributed by atoms with Gasteiger partial charge in [0.05, 0.1) is 12.7 Å². The third-order valence-electron chi connectivity index (χ3n) is 2.77. The van der Waals surface area contributed by atoms with Gasteiger partial charge in [-0.05, 0) is 19.3 Å². The molecular weight excluding hydrogens is 148 g/mol. The fourth-order valence-electron chi connectivity index (χ4n) is 1.79. The van der Waals surface area contributed by atoms with Crippen LogP contribution >= 0.6 is 0 Å². The van der Waals surface area contributed by atoms with E-state index < -0.39 is 0 Å². The molecule has 1 aliphatic rings. The Morgan fingerprint density at radius 3 is 2.67 bits per heavy atom. The predicted molar refractivity (Wildman–Crippen MR) is 52.2 cm³/mol. The van der Waals surface area contributed by atoms with Crippen LogP contribution in [-0.2, 0) is 4.74 Å². The van der Waals surface area contributed by atoms with Crippen molar-refractivity contribution in [2.75, 3.05) is 6.61 Å². The molecule has 0 aromatic carbocycles. The van der Waals surface area contributed by atoms with E-state index in [4.69, 9.17) is 4.74 Å². The largest absolute Gasteiger partial charge is 0.374 e. The SMILES string of the molecule is CCC(CC)C1C=C(C)CCO1. The summed E-state index contributed by atoms with van der Waals surface area (Å²) >= 11 is 0. The molecule has 0 amide bonds. The Morgan fingerprint density at radius 2 is 2.17 bits per heavy atom. The third kappa shape index (κ3) is 2.34. The van der Waals surface area contributed by atoms with Crippen molar-refractivity contribution in [1.82, 2.24) is 0 Å². The van der Waals surface area contributed by atoms with E-state index in [1.165, 1.54) is 18.4 Å². The second-order valence-corrected chi connectivity index (χ2v) is 3.68. The molecule has 1 aliphatic heterocycles. The molecule has 0 aromatic heterocycles. The number of ether oxygens (including phenoxy) is 1. The van der Waals surface area contributed by atoms with Gasteiger partial charge in [0.2, 0.25) is 0 Å². The topological polar surface area (TPSA) is 9.23 Å². The average Bonchev–Trinajstić information content (AvgIpc) is 2.07. The minimum Gasteiger partial charge on any atom is -0.374 e. The monoisotopic (exact) mass is 168 g/mol. The zero-order valence-electron chi connectivity index (χ0n) is 8.47. The van der Waals surface area contributed by atoms with Gasteiger partial charge >= 0.3 is 0 Å². The lowest BCUT2D eigenvalue weighted by molar-refractivity contribution is 0.0342. The molecule has 70 valence electrons. The zero-order valence-corrected chi connectivity index (χ0v) is 8.47. The van der Waals surface area contributed by atoms with Crippen molar-refractivity contribution in [3.8, 4) is 0 Å². The first-order valence-corrected chi connectivity index (χ1v) is 5.06. The molecule has 0 radical (unpaired) electrons. The van der Waals surface area contributed by atoms with Crippen molar-refractivity contribution < 1.29 is 4.74 Å². The van der Waals surface area contributed by atoms with Gasteiger partial charge in [-0.25, -0.2) is 0 Å². The molecule has 0 saturated carbocycles. The fraction of sp³-hybridized carbons (Fsp3) is 0.818. The van der Waals surface area contributed by atoms with Crippen molar-refractivity contribution >= 4 is 0 Å². The first-order chi connectivity index (χ1) is 5.77. The van der Waals surface area contributed by atoms with Gasteiger partial charge in [-0.15, -0.1) is 0 Å². The zero-order chi connectivity index (χ0) is 8.97. The molecule has 0 saturated heterocycles. The Balaban J connectivity index is 2.54. The maximum Gasteiger partial charge on any atom is 0.0786 e. The molecule has 0 N–H and O–H groups in total. The Kier molecular flexibility index (Phi) is 3.80. The summed E-state index contributed by atoms with van der Waals surface area (Å²) < 4.78 is 5.72. The van der Waals surface area contributed by atoms with Crippen LogP contribution in [-0.4, -0.2) is 12.7 Å². The summed E-state index contributed by atoms with van der Waals surface area (Å²) in [4.78, 5) is 0. The molecule has 0 fully saturated rings. The Labute approximate surface area is 75.8 Å². The molecule has 1 heteroatoms. The highest BCUT2D eigenvalue weighted by Crippen LogP contribution is 2.23. The second kappa shape index (κ2) is 4.66. The molecule has 0 aromatic rings. The van der Waals surface area contributed by atoms with E-state index in [0.717, 1.165) is 18.9 Å². The summed E-state index contributed by atoms with van der Waals surface area (Å²) in [5, 5.41) is 0. The highest BCUT2D eigenvalue weighted by Gasteiger charge is 2.19. The predicted octanol–water partition coefficient (Wildman–Crippen LogP) is 3.16. The van der Waals surface area contributed by atoms with E-state index >= 15 is 0 Å². The molecule has 1 nitrogen and oxygen atoms in total. The van der Waals surface area contributed by atoms with Gasteiger partial charge in [-0.3, -0.25) is 0 Å². The van der Waals surface area contributed by atoms with Crippen molar-refractivity contribution in [3.05, 3.63) is 11.6 Å². The normalized spacial score (nSPS) is 24.3. The number of hydrogen-bond donors (Lipinski definition) is 0. The van der Waals surface area contributed by atoms with Crippen molar-refractivity contribution in [3.63, 3.8) is 0 Å². The van der Waals surface area contributed by atoms with Gasteiger partial charge in [-0.1, -0.05) is 38.3 Å². The maximum absolute atomic E-state index is 5.72. The first-order valence-electron chi connectivity index (χ1n) is 5.06. The van der Waals surface area contributed by atoms with E-state index in [0.29, 0.717) is 6.10 Å². The molecule has 1 rings (SSSR count). The van der Waals surface area contributed by atoms with Crippen LogP contribution in [0.25, 0.3) is 0 Å². The Hall–Kier alpha value is -0.300. The molecular formula is C11H20O.